The van der Waals surface area contributed by atoms with Crippen LogP contribution in [0.3, 0.4) is 0 Å². The molecule has 2 aromatic carbocycles. The fraction of sp³-hybridized carbons (Fsp3) is 0.364. The first-order chi connectivity index (χ1) is 15.8. The van der Waals surface area contributed by atoms with Gasteiger partial charge >= 0.3 is 11.9 Å². The van der Waals surface area contributed by atoms with Gasteiger partial charge in [-0.15, -0.1) is 0 Å². The monoisotopic (exact) mass is 520 g/mol. The van der Waals surface area contributed by atoms with Gasteiger partial charge in [0.2, 0.25) is 0 Å². The third-order valence-corrected chi connectivity index (χ3v) is 7.97. The Hall–Kier alpha value is -2.86. The van der Waals surface area contributed by atoms with Gasteiger partial charge in [0.1, 0.15) is 11.6 Å². The zero-order valence-corrected chi connectivity index (χ0v) is 20.5. The highest BCUT2D eigenvalue weighted by Gasteiger charge is 2.16. The summed E-state index contributed by atoms with van der Waals surface area (Å²) in [6.07, 6.45) is -0.662. The summed E-state index contributed by atoms with van der Waals surface area (Å²) in [5.41, 5.74) is 0.103. The molecule has 2 aromatic rings. The van der Waals surface area contributed by atoms with Crippen LogP contribution in [0.1, 0.15) is 31.9 Å². The second-order valence-electron chi connectivity index (χ2n) is 6.87. The van der Waals surface area contributed by atoms with Crippen LogP contribution in [-0.4, -0.2) is 52.0 Å². The van der Waals surface area contributed by atoms with Crippen molar-refractivity contribution >= 4 is 31.6 Å². The Bertz CT molecular complexity index is 1240. The van der Waals surface area contributed by atoms with Crippen molar-refractivity contribution in [3.8, 4) is 0 Å². The van der Waals surface area contributed by atoms with Gasteiger partial charge in [-0.3, -0.25) is 9.59 Å². The predicted octanol–water partition coefficient (Wildman–Crippen LogP) is 2.97. The molecule has 0 bridgehead atoms. The van der Waals surface area contributed by atoms with E-state index in [1.54, 1.807) is 6.92 Å². The van der Waals surface area contributed by atoms with Crippen molar-refractivity contribution in [3.05, 3.63) is 59.2 Å². The predicted molar refractivity (Wildman–Crippen MR) is 120 cm³/mol. The molecule has 188 valence electrons. The number of halogens is 2. The summed E-state index contributed by atoms with van der Waals surface area (Å²) in [5.74, 6) is -3.43. The van der Waals surface area contributed by atoms with Gasteiger partial charge in [-0.05, 0) is 42.3 Å². The Morgan fingerprint density at radius 3 is 1.53 bits per heavy atom. The normalized spacial score (nSPS) is 11.3. The summed E-state index contributed by atoms with van der Waals surface area (Å²) < 4.78 is 77.6. The summed E-state index contributed by atoms with van der Waals surface area (Å²) in [6.45, 7) is 4.83. The number of hydrogen-bond donors (Lipinski definition) is 1. The molecule has 0 radical (unpaired) electrons. The molecule has 0 saturated carbocycles. The molecule has 0 spiro atoms. The average Bonchev–Trinajstić information content (AvgIpc) is 2.76. The van der Waals surface area contributed by atoms with Crippen molar-refractivity contribution in [1.82, 2.24) is 0 Å². The third-order valence-electron chi connectivity index (χ3n) is 4.51. The van der Waals surface area contributed by atoms with Crippen LogP contribution < -0.4 is 0 Å². The van der Waals surface area contributed by atoms with Crippen LogP contribution in [-0.2, 0) is 46.8 Å². The van der Waals surface area contributed by atoms with E-state index in [0.29, 0.717) is 0 Å². The van der Waals surface area contributed by atoms with Crippen molar-refractivity contribution in [2.45, 2.75) is 43.4 Å². The van der Waals surface area contributed by atoms with Crippen LogP contribution in [0.15, 0.2) is 46.2 Å². The van der Waals surface area contributed by atoms with Crippen LogP contribution in [0.2, 0.25) is 0 Å². The highest BCUT2D eigenvalue weighted by molar-refractivity contribution is 7.91. The number of sulfone groups is 2. The molecule has 0 amide bonds. The average molecular weight is 521 g/mol. The zero-order chi connectivity index (χ0) is 26.1. The summed E-state index contributed by atoms with van der Waals surface area (Å²) >= 11 is 0. The lowest BCUT2D eigenvalue weighted by Gasteiger charge is -2.06. The number of carbonyl (C=O) groups is 2. The van der Waals surface area contributed by atoms with Crippen LogP contribution in [0.25, 0.3) is 0 Å². The summed E-state index contributed by atoms with van der Waals surface area (Å²) in [6, 6.07) is 6.81. The van der Waals surface area contributed by atoms with E-state index >= 15 is 0 Å². The Balaban J connectivity index is 0.000000342. The summed E-state index contributed by atoms with van der Waals surface area (Å²) in [5, 5.41) is 8.48. The van der Waals surface area contributed by atoms with E-state index in [0.717, 1.165) is 12.1 Å². The van der Waals surface area contributed by atoms with Gasteiger partial charge in [-0.1, -0.05) is 26.0 Å². The number of carboxylic acid groups (broad SMARTS) is 1. The molecular formula is C22H26F2O8S2. The molecule has 0 heterocycles. The molecule has 0 aromatic heterocycles. The second-order valence-corrected chi connectivity index (χ2v) is 11.4. The van der Waals surface area contributed by atoms with Crippen LogP contribution in [0.5, 0.6) is 0 Å². The van der Waals surface area contributed by atoms with Crippen LogP contribution in [0, 0.1) is 11.6 Å². The maximum atomic E-state index is 13.6. The van der Waals surface area contributed by atoms with E-state index in [9.17, 15) is 35.2 Å². The Kier molecular flexibility index (Phi) is 10.8. The van der Waals surface area contributed by atoms with E-state index in [4.69, 9.17) is 9.84 Å². The Morgan fingerprint density at radius 2 is 1.21 bits per heavy atom. The number of carboxylic acids is 1. The zero-order valence-electron chi connectivity index (χ0n) is 18.9. The molecule has 0 aliphatic rings. The molecule has 12 heteroatoms. The van der Waals surface area contributed by atoms with Crippen molar-refractivity contribution in [2.24, 2.45) is 0 Å². The molecule has 2 rings (SSSR count). The van der Waals surface area contributed by atoms with Gasteiger partial charge < -0.3 is 9.84 Å². The molecule has 8 nitrogen and oxygen atoms in total. The molecular weight excluding hydrogens is 494 g/mol. The minimum atomic E-state index is -3.45. The summed E-state index contributed by atoms with van der Waals surface area (Å²) in [7, 11) is -6.89. The lowest BCUT2D eigenvalue weighted by Crippen LogP contribution is -2.10. The Morgan fingerprint density at radius 1 is 0.794 bits per heavy atom. The van der Waals surface area contributed by atoms with Crippen LogP contribution in [0.4, 0.5) is 8.78 Å². The molecule has 0 aliphatic carbocycles. The van der Waals surface area contributed by atoms with Crippen LogP contribution >= 0.6 is 0 Å². The van der Waals surface area contributed by atoms with E-state index in [1.807, 2.05) is 0 Å². The fourth-order valence-corrected chi connectivity index (χ4v) is 4.38. The molecule has 0 fully saturated rings. The lowest BCUT2D eigenvalue weighted by molar-refractivity contribution is -0.142. The Labute approximate surface area is 197 Å². The van der Waals surface area contributed by atoms with E-state index < -0.39 is 49.7 Å². The van der Waals surface area contributed by atoms with Crippen molar-refractivity contribution in [2.75, 3.05) is 18.1 Å². The highest BCUT2D eigenvalue weighted by Crippen LogP contribution is 2.18. The smallest absolute Gasteiger partial charge is 0.310 e. The SMILES string of the molecule is CCOC(=O)Cc1ccc(S(=O)(=O)CC)cc1F.CCS(=O)(=O)c1ccc(CC(=O)O)c(F)c1. The number of ether oxygens (including phenoxy) is 1. The van der Waals surface area contributed by atoms with Gasteiger partial charge in [0.25, 0.3) is 0 Å². The first kappa shape index (κ1) is 29.2. The van der Waals surface area contributed by atoms with E-state index in [1.165, 1.54) is 38.1 Å². The standard InChI is InChI=1S/C12H15FO4S.C10H11FO4S/c1-3-17-12(14)7-9-5-6-10(8-11(9)13)18(15,16)4-2;1-2-16(14,15)8-4-3-7(5-10(12)13)9(11)6-8/h5-6,8H,3-4,7H2,1-2H3;3-4,6H,2,5H2,1H3,(H,12,13). The molecule has 0 aliphatic heterocycles. The number of aliphatic carboxylic acids is 1. The van der Waals surface area contributed by atoms with Gasteiger partial charge in [0, 0.05) is 0 Å². The number of esters is 1. The first-order valence-electron chi connectivity index (χ1n) is 10.2. The maximum Gasteiger partial charge on any atom is 0.310 e. The number of hydrogen-bond acceptors (Lipinski definition) is 7. The van der Waals surface area contributed by atoms with Crippen molar-refractivity contribution in [1.29, 1.82) is 0 Å². The first-order valence-corrected chi connectivity index (χ1v) is 13.5. The van der Waals surface area contributed by atoms with Gasteiger partial charge in [-0.2, -0.15) is 0 Å². The topological polar surface area (TPSA) is 132 Å². The quantitative estimate of drug-likeness (QED) is 0.499. The second kappa shape index (κ2) is 12.6. The molecule has 0 atom stereocenters. The maximum absolute atomic E-state index is 13.6. The fourth-order valence-electron chi connectivity index (χ4n) is 2.59. The minimum absolute atomic E-state index is 0.0254. The highest BCUT2D eigenvalue weighted by atomic mass is 32.2. The van der Waals surface area contributed by atoms with Gasteiger partial charge in [-0.25, -0.2) is 25.6 Å². The summed E-state index contributed by atoms with van der Waals surface area (Å²) in [4.78, 5) is 21.4. The third kappa shape index (κ3) is 8.49. The number of rotatable bonds is 9. The lowest BCUT2D eigenvalue weighted by atomic mass is 10.1. The number of carbonyl (C=O) groups excluding carboxylic acids is 1. The molecule has 1 N–H and O–H groups in total. The van der Waals surface area contributed by atoms with E-state index in [2.05, 4.69) is 0 Å². The van der Waals surface area contributed by atoms with Crippen molar-refractivity contribution < 1.29 is 45.0 Å². The van der Waals surface area contributed by atoms with Crippen molar-refractivity contribution in [3.63, 3.8) is 0 Å². The molecule has 34 heavy (non-hydrogen) atoms. The molecule has 0 unspecified atom stereocenters. The largest absolute Gasteiger partial charge is 0.481 e. The van der Waals surface area contributed by atoms with Gasteiger partial charge in [0.15, 0.2) is 19.7 Å². The number of benzene rings is 2. The molecule has 0 saturated heterocycles. The minimum Gasteiger partial charge on any atom is -0.481 e. The van der Waals surface area contributed by atoms with Gasteiger partial charge in [0.05, 0.1) is 40.7 Å². The van der Waals surface area contributed by atoms with E-state index in [-0.39, 0.29) is 45.5 Å².